The molecule has 2 saturated carbocycles. The second-order valence-electron chi connectivity index (χ2n) is 13.2. The number of aromatic nitrogens is 2. The van der Waals surface area contributed by atoms with Crippen LogP contribution in [-0.2, 0) is 24.9 Å². The highest BCUT2D eigenvalue weighted by molar-refractivity contribution is 5.33. The summed E-state index contributed by atoms with van der Waals surface area (Å²) >= 11 is 0. The number of rotatable bonds is 10. The van der Waals surface area contributed by atoms with Crippen LogP contribution >= 0.6 is 0 Å². The lowest BCUT2D eigenvalue weighted by atomic mass is 9.48. The normalized spacial score (nSPS) is 35.7. The molecule has 0 unspecified atom stereocenters. The van der Waals surface area contributed by atoms with E-state index in [4.69, 9.17) is 0 Å². The smallest absolute Gasteiger partial charge is 0.244 e. The number of imidazole rings is 1. The van der Waals surface area contributed by atoms with Crippen LogP contribution in [0, 0.1) is 23.2 Å². The van der Waals surface area contributed by atoms with Gasteiger partial charge in [-0.3, -0.25) is 0 Å². The molecule has 196 valence electrons. The lowest BCUT2D eigenvalue weighted by molar-refractivity contribution is -0.707. The molecule has 5 rings (SSSR count). The topological polar surface area (TPSA) is 29.0 Å². The Morgan fingerprint density at radius 2 is 1.66 bits per heavy atom. The Kier molecular flexibility index (Phi) is 7.55. The molecule has 6 atom stereocenters. The highest BCUT2D eigenvalue weighted by Gasteiger charge is 2.60. The van der Waals surface area contributed by atoms with E-state index in [2.05, 4.69) is 49.2 Å². The Morgan fingerprint density at radius 3 is 2.43 bits per heavy atom. The highest BCUT2D eigenvalue weighted by Crippen LogP contribution is 2.63. The molecule has 0 aliphatic heterocycles. The van der Waals surface area contributed by atoms with Gasteiger partial charge in [-0.15, -0.1) is 0 Å². The molecule has 1 aromatic heterocycles. The lowest BCUT2D eigenvalue weighted by Gasteiger charge is -2.56. The van der Waals surface area contributed by atoms with Crippen molar-refractivity contribution in [3.8, 4) is 0 Å². The third-order valence-corrected chi connectivity index (χ3v) is 11.1. The number of aliphatic hydroxyl groups is 1. The highest BCUT2D eigenvalue weighted by atomic mass is 16.3. The molecule has 0 radical (unpaired) electrons. The second kappa shape index (κ2) is 10.3. The molecule has 0 saturated heterocycles. The van der Waals surface area contributed by atoms with Crippen LogP contribution < -0.4 is 4.57 Å². The Bertz CT molecular complexity index is 915. The lowest BCUT2D eigenvalue weighted by Crippen LogP contribution is -2.53. The van der Waals surface area contributed by atoms with Gasteiger partial charge < -0.3 is 5.11 Å². The van der Waals surface area contributed by atoms with Crippen molar-refractivity contribution in [3.63, 3.8) is 0 Å². The number of hydrogen-bond donors (Lipinski definition) is 1. The minimum Gasteiger partial charge on any atom is -0.393 e. The number of aryl methyl sites for hydroxylation is 2. The first-order valence-corrected chi connectivity index (χ1v) is 15.4. The molecule has 1 aromatic rings. The molecule has 4 aliphatic rings. The molecule has 4 aliphatic carbocycles. The van der Waals surface area contributed by atoms with Crippen LogP contribution in [0.15, 0.2) is 18.0 Å². The Labute approximate surface area is 215 Å². The summed E-state index contributed by atoms with van der Waals surface area (Å²) < 4.78 is 5.43. The molecular weight excluding hydrogens is 428 g/mol. The first-order valence-electron chi connectivity index (χ1n) is 15.4. The molecule has 0 bridgehead atoms. The fourth-order valence-electron chi connectivity index (χ4n) is 9.09. The zero-order valence-electron chi connectivity index (χ0n) is 23.3. The van der Waals surface area contributed by atoms with Gasteiger partial charge in [-0.05, 0) is 87.4 Å². The van der Waals surface area contributed by atoms with E-state index >= 15 is 0 Å². The van der Waals surface area contributed by atoms with Gasteiger partial charge in [0.2, 0.25) is 6.33 Å². The van der Waals surface area contributed by atoms with E-state index in [1.54, 1.807) is 17.0 Å². The Morgan fingerprint density at radius 1 is 0.914 bits per heavy atom. The predicted molar refractivity (Wildman–Crippen MR) is 144 cm³/mol. The Balaban J connectivity index is 1.42. The van der Waals surface area contributed by atoms with E-state index in [1.165, 1.54) is 96.6 Å². The molecule has 0 spiro atoms. The van der Waals surface area contributed by atoms with E-state index in [1.807, 2.05) is 0 Å². The summed E-state index contributed by atoms with van der Waals surface area (Å²) in [7, 11) is 0. The third-order valence-electron chi connectivity index (χ3n) is 11.1. The number of fused-ring (bicyclic) bond motifs is 7. The van der Waals surface area contributed by atoms with Crippen molar-refractivity contribution in [2.45, 2.75) is 149 Å². The average Bonchev–Trinajstić information content (AvgIpc) is 3.35. The minimum atomic E-state index is -0.102. The number of nitrogens with zero attached hydrogens (tertiary/aromatic N) is 2. The molecule has 35 heavy (non-hydrogen) atoms. The largest absolute Gasteiger partial charge is 0.393 e. The van der Waals surface area contributed by atoms with E-state index in [9.17, 15) is 5.11 Å². The fraction of sp³-hybridized carbons (Fsp3) is 0.844. The van der Waals surface area contributed by atoms with E-state index in [0.717, 1.165) is 30.6 Å². The zero-order valence-corrected chi connectivity index (χ0v) is 23.3. The van der Waals surface area contributed by atoms with Crippen molar-refractivity contribution in [1.29, 1.82) is 0 Å². The van der Waals surface area contributed by atoms with E-state index in [-0.39, 0.29) is 6.10 Å². The van der Waals surface area contributed by atoms with Gasteiger partial charge in [0, 0.05) is 11.8 Å². The summed E-state index contributed by atoms with van der Waals surface area (Å²) in [5.74, 6) is 2.41. The van der Waals surface area contributed by atoms with Gasteiger partial charge in [0.1, 0.15) is 5.69 Å². The van der Waals surface area contributed by atoms with Crippen LogP contribution in [0.5, 0.6) is 0 Å². The average molecular weight is 482 g/mol. The summed E-state index contributed by atoms with van der Waals surface area (Å²) in [5.41, 5.74) is 5.70. The van der Waals surface area contributed by atoms with Gasteiger partial charge in [0.15, 0.2) is 5.69 Å². The van der Waals surface area contributed by atoms with Crippen molar-refractivity contribution in [2.75, 3.05) is 0 Å². The molecule has 1 N–H and O–H groups in total. The van der Waals surface area contributed by atoms with Crippen molar-refractivity contribution in [2.24, 2.45) is 23.2 Å². The van der Waals surface area contributed by atoms with Gasteiger partial charge in [0.05, 0.1) is 19.2 Å². The van der Waals surface area contributed by atoms with Crippen molar-refractivity contribution in [1.82, 2.24) is 4.57 Å². The van der Waals surface area contributed by atoms with E-state index in [0.29, 0.717) is 10.8 Å². The molecular formula is C32H53N2O+. The second-order valence-corrected chi connectivity index (χ2v) is 13.2. The van der Waals surface area contributed by atoms with E-state index < -0.39 is 0 Å². The molecule has 0 amide bonds. The van der Waals surface area contributed by atoms with Gasteiger partial charge in [0.25, 0.3) is 0 Å². The molecule has 3 nitrogen and oxygen atoms in total. The Hall–Kier alpha value is -1.09. The summed E-state index contributed by atoms with van der Waals surface area (Å²) in [6.07, 6.45) is 24.2. The first-order chi connectivity index (χ1) is 16.9. The number of hydrogen-bond acceptors (Lipinski definition) is 1. The summed E-state index contributed by atoms with van der Waals surface area (Å²) in [6.45, 7) is 12.3. The van der Waals surface area contributed by atoms with Gasteiger partial charge in [-0.25, -0.2) is 9.13 Å². The van der Waals surface area contributed by atoms with Crippen LogP contribution in [-0.4, -0.2) is 15.8 Å². The SMILES string of the molecule is CCCCCCn1c[n+](CCCCCC)c2c1C[C@H]1[C@@H]3CC=C4C[C@@H](O)CC[C@]4(C)[C@H]3CC[C@]21C. The minimum absolute atomic E-state index is 0.102. The fourth-order valence-corrected chi connectivity index (χ4v) is 9.09. The number of allylic oxidation sites excluding steroid dienone is 1. The quantitative estimate of drug-likeness (QED) is 0.212. The van der Waals surface area contributed by atoms with Crippen LogP contribution in [0.1, 0.15) is 129 Å². The third kappa shape index (κ3) is 4.47. The maximum atomic E-state index is 10.4. The molecule has 0 aromatic carbocycles. The molecule has 3 heteroatoms. The maximum absolute atomic E-state index is 10.4. The number of unbranched alkanes of at least 4 members (excludes halogenated alkanes) is 6. The monoisotopic (exact) mass is 481 g/mol. The van der Waals surface area contributed by atoms with Crippen LogP contribution in [0.3, 0.4) is 0 Å². The molecule has 1 heterocycles. The van der Waals surface area contributed by atoms with Crippen LogP contribution in [0.4, 0.5) is 0 Å². The first kappa shape index (κ1) is 25.6. The van der Waals surface area contributed by atoms with Gasteiger partial charge in [-0.1, -0.05) is 65.0 Å². The predicted octanol–water partition coefficient (Wildman–Crippen LogP) is 7.27. The maximum Gasteiger partial charge on any atom is 0.244 e. The van der Waals surface area contributed by atoms with Crippen molar-refractivity contribution >= 4 is 0 Å². The summed E-state index contributed by atoms with van der Waals surface area (Å²) in [4.78, 5) is 0. The van der Waals surface area contributed by atoms with Crippen LogP contribution in [0.25, 0.3) is 0 Å². The summed E-state index contributed by atoms with van der Waals surface area (Å²) in [5, 5.41) is 10.4. The van der Waals surface area contributed by atoms with Crippen LogP contribution in [0.2, 0.25) is 0 Å². The molecule has 2 fully saturated rings. The summed E-state index contributed by atoms with van der Waals surface area (Å²) in [6, 6.07) is 0. The van der Waals surface area contributed by atoms with Crippen molar-refractivity contribution in [3.05, 3.63) is 29.4 Å². The van der Waals surface area contributed by atoms with Gasteiger partial charge >= 0.3 is 0 Å². The van der Waals surface area contributed by atoms with Gasteiger partial charge in [-0.2, -0.15) is 0 Å². The number of aliphatic hydroxyl groups excluding tert-OH is 1. The zero-order chi connectivity index (χ0) is 24.6. The van der Waals surface area contributed by atoms with Crippen molar-refractivity contribution < 1.29 is 9.67 Å². The standard InChI is InChI=1S/C32H53N2O/c1-5-7-9-11-19-33-23-34(20-12-10-8-6-2)30-29(33)22-28-26-14-13-24-21-25(35)15-17-31(24,3)27(26)16-18-32(28,30)4/h13,23,25-28,35H,5-12,14-22H2,1-4H3/q+1/t25-,26+,27-,28-,31-,32-/m0/s1.